The number of benzene rings is 1. The zero-order chi connectivity index (χ0) is 15.2. The van der Waals surface area contributed by atoms with Gasteiger partial charge in [0.2, 0.25) is 5.82 Å². The van der Waals surface area contributed by atoms with Gasteiger partial charge in [0, 0.05) is 0 Å². The first-order chi connectivity index (χ1) is 8.37. The molecule has 0 radical (unpaired) electrons. The fourth-order valence-electron chi connectivity index (χ4n) is 1.63. The van der Waals surface area contributed by atoms with Crippen LogP contribution < -0.4 is 0 Å². The lowest BCUT2D eigenvalue weighted by Gasteiger charge is -2.33. The Kier molecular flexibility index (Phi) is 3.79. The van der Waals surface area contributed by atoms with Gasteiger partial charge >= 0.3 is 0 Å². The van der Waals surface area contributed by atoms with Crippen LogP contribution in [0.25, 0.3) is 0 Å². The van der Waals surface area contributed by atoms with Crippen LogP contribution in [-0.2, 0) is 9.63 Å². The lowest BCUT2D eigenvalue weighted by Crippen LogP contribution is -2.40. The van der Waals surface area contributed by atoms with Gasteiger partial charge in [-0.05, 0) is 5.92 Å². The van der Waals surface area contributed by atoms with E-state index < -0.39 is 55.3 Å². The first-order valence-electron chi connectivity index (χ1n) is 5.03. The van der Waals surface area contributed by atoms with Crippen molar-refractivity contribution in [3.05, 3.63) is 29.1 Å². The molecule has 9 heteroatoms. The Hall–Kier alpha value is -1.06. The van der Waals surface area contributed by atoms with Gasteiger partial charge in [-0.25, -0.2) is 26.2 Å². The maximum atomic E-state index is 13.4. The summed E-state index contributed by atoms with van der Waals surface area (Å²) >= 11 is 0. The third-order valence-electron chi connectivity index (χ3n) is 2.21. The van der Waals surface area contributed by atoms with Crippen LogP contribution in [0.5, 0.6) is 0 Å². The smallest absolute Gasteiger partial charge is 0.200 e. The zero-order valence-corrected chi connectivity index (χ0v) is 10.7. The Balaban J connectivity index is 3.74. The number of rotatable bonds is 3. The van der Waals surface area contributed by atoms with Crippen molar-refractivity contribution in [2.24, 2.45) is 5.92 Å². The molecular weight excluding hydrogens is 295 g/mol. The molecule has 1 aromatic carbocycles. The second kappa shape index (κ2) is 4.50. The van der Waals surface area contributed by atoms with E-state index in [2.05, 4.69) is 0 Å². The monoisotopic (exact) mass is 306 g/mol. The molecule has 1 rings (SSSR count). The van der Waals surface area contributed by atoms with Crippen molar-refractivity contribution in [3.8, 4) is 0 Å². The molecule has 0 saturated heterocycles. The summed E-state index contributed by atoms with van der Waals surface area (Å²) in [5, 5.41) is 0. The predicted octanol–water partition coefficient (Wildman–Crippen LogP) is 3.16. The van der Waals surface area contributed by atoms with Gasteiger partial charge in [-0.3, -0.25) is 0 Å². The van der Waals surface area contributed by atoms with Gasteiger partial charge in [-0.15, -0.1) is 0 Å². The Bertz CT molecular complexity index is 564. The van der Waals surface area contributed by atoms with Gasteiger partial charge in [-0.2, -0.15) is 0 Å². The van der Waals surface area contributed by atoms with E-state index in [9.17, 15) is 35.3 Å². The van der Waals surface area contributed by atoms with E-state index in [0.29, 0.717) is 0 Å². The normalized spacial score (nSPS) is 14.5. The lowest BCUT2D eigenvalue weighted by atomic mass is 10.3. The predicted molar refractivity (Wildman–Crippen MR) is 57.6 cm³/mol. The van der Waals surface area contributed by atoms with Gasteiger partial charge in [0.25, 0.3) is 0 Å². The third-order valence-corrected chi connectivity index (χ3v) is 4.66. The second-order valence-electron chi connectivity index (χ2n) is 4.48. The van der Waals surface area contributed by atoms with E-state index in [1.54, 1.807) is 0 Å². The molecule has 3 nitrogen and oxygen atoms in total. The Labute approximate surface area is 105 Å². The third kappa shape index (κ3) is 2.77. The summed E-state index contributed by atoms with van der Waals surface area (Å²) in [5.41, 5.74) is 0. The molecule has 2 N–H and O–H groups in total. The Morgan fingerprint density at radius 3 is 1.53 bits per heavy atom. The molecule has 0 fully saturated rings. The van der Waals surface area contributed by atoms with Gasteiger partial charge in [0.05, 0.1) is 5.75 Å². The van der Waals surface area contributed by atoms with Crippen LogP contribution in [0.3, 0.4) is 0 Å². The molecule has 0 bridgehead atoms. The molecule has 0 unspecified atom stereocenters. The van der Waals surface area contributed by atoms with Crippen molar-refractivity contribution < 1.29 is 35.3 Å². The lowest BCUT2D eigenvalue weighted by molar-refractivity contribution is 0.329. The second-order valence-corrected chi connectivity index (χ2v) is 7.25. The summed E-state index contributed by atoms with van der Waals surface area (Å²) in [4.78, 5) is -2.10. The Morgan fingerprint density at radius 2 is 1.21 bits per heavy atom. The SMILES string of the molecule is CC(C)CS(=O)(O)(O)c1c(F)c(F)c(F)c(F)c1F. The average molecular weight is 306 g/mol. The maximum absolute atomic E-state index is 13.4. The van der Waals surface area contributed by atoms with E-state index in [1.807, 2.05) is 0 Å². The Morgan fingerprint density at radius 1 is 0.895 bits per heavy atom. The van der Waals surface area contributed by atoms with Crippen LogP contribution in [0.1, 0.15) is 13.8 Å². The van der Waals surface area contributed by atoms with Gasteiger partial charge < -0.3 is 9.11 Å². The minimum Gasteiger partial charge on any atom is -0.304 e. The fourth-order valence-corrected chi connectivity index (χ4v) is 3.90. The molecule has 0 spiro atoms. The van der Waals surface area contributed by atoms with Crippen molar-refractivity contribution in [1.82, 2.24) is 0 Å². The molecule has 0 aliphatic heterocycles. The summed E-state index contributed by atoms with van der Waals surface area (Å²) in [6.07, 6.45) is 0. The summed E-state index contributed by atoms with van der Waals surface area (Å²) < 4.78 is 96.2. The molecule has 0 aliphatic rings. The highest BCUT2D eigenvalue weighted by molar-refractivity contribution is 8.10. The largest absolute Gasteiger partial charge is 0.304 e. The van der Waals surface area contributed by atoms with Gasteiger partial charge in [0.1, 0.15) is 14.5 Å². The van der Waals surface area contributed by atoms with Crippen molar-refractivity contribution in [3.63, 3.8) is 0 Å². The quantitative estimate of drug-likeness (QED) is 0.512. The molecule has 0 aromatic heterocycles. The molecule has 110 valence electrons. The molecule has 1 aromatic rings. The van der Waals surface area contributed by atoms with Crippen molar-refractivity contribution >= 4 is 9.63 Å². The van der Waals surface area contributed by atoms with E-state index >= 15 is 0 Å². The fraction of sp³-hybridized carbons (Fsp3) is 0.400. The first-order valence-corrected chi connectivity index (χ1v) is 7.08. The topological polar surface area (TPSA) is 57.5 Å². The number of halogens is 5. The van der Waals surface area contributed by atoms with Crippen molar-refractivity contribution in [2.75, 3.05) is 5.75 Å². The molecule has 19 heavy (non-hydrogen) atoms. The highest BCUT2D eigenvalue weighted by Gasteiger charge is 2.43. The molecule has 0 amide bonds. The van der Waals surface area contributed by atoms with Crippen LogP contribution in [0.2, 0.25) is 0 Å². The zero-order valence-electron chi connectivity index (χ0n) is 9.89. The van der Waals surface area contributed by atoms with Crippen LogP contribution in [0.4, 0.5) is 22.0 Å². The van der Waals surface area contributed by atoms with Crippen LogP contribution in [0.15, 0.2) is 4.90 Å². The van der Waals surface area contributed by atoms with Crippen molar-refractivity contribution in [2.45, 2.75) is 18.7 Å². The maximum Gasteiger partial charge on any atom is 0.200 e. The van der Waals surface area contributed by atoms with E-state index in [0.717, 1.165) is 0 Å². The number of hydrogen-bond acceptors (Lipinski definition) is 1. The van der Waals surface area contributed by atoms with Crippen LogP contribution in [-0.4, -0.2) is 19.1 Å². The summed E-state index contributed by atoms with van der Waals surface area (Å²) in [6.45, 7) is 2.65. The minimum atomic E-state index is -6.17. The summed E-state index contributed by atoms with van der Waals surface area (Å²) in [6, 6.07) is 0. The average Bonchev–Trinajstić information content (AvgIpc) is 2.20. The van der Waals surface area contributed by atoms with Crippen LogP contribution in [0, 0.1) is 35.0 Å². The highest BCUT2D eigenvalue weighted by atomic mass is 32.3. The molecule has 0 saturated carbocycles. The summed E-state index contributed by atoms with van der Waals surface area (Å²) in [7, 11) is -6.17. The van der Waals surface area contributed by atoms with E-state index in [4.69, 9.17) is 0 Å². The molecule has 0 aliphatic carbocycles. The summed E-state index contributed by atoms with van der Waals surface area (Å²) in [5.74, 6) is -14.1. The molecule has 0 heterocycles. The standard InChI is InChI=1S/C10H11F5O3S/c1-4(2)3-19(16,17,18)10-8(14)6(12)5(11)7(13)9(10)15/h4H,3H2,1-2H3,(H2,16,17,18). The molecule has 0 atom stereocenters. The minimum absolute atomic E-state index is 0.732. The number of hydrogen-bond donors (Lipinski definition) is 2. The van der Waals surface area contributed by atoms with Crippen LogP contribution >= 0.6 is 0 Å². The van der Waals surface area contributed by atoms with Crippen molar-refractivity contribution in [1.29, 1.82) is 0 Å². The molecular formula is C10H11F5O3S. The van der Waals surface area contributed by atoms with E-state index in [-0.39, 0.29) is 0 Å². The first kappa shape index (κ1) is 16.0. The highest BCUT2D eigenvalue weighted by Crippen LogP contribution is 2.38. The van der Waals surface area contributed by atoms with Gasteiger partial charge in [0.15, 0.2) is 23.3 Å². The van der Waals surface area contributed by atoms with E-state index in [1.165, 1.54) is 13.8 Å². The van der Waals surface area contributed by atoms with Gasteiger partial charge in [-0.1, -0.05) is 13.8 Å².